The van der Waals surface area contributed by atoms with Crippen molar-refractivity contribution < 1.29 is 19.1 Å². The van der Waals surface area contributed by atoms with Gasteiger partial charge in [-0.05, 0) is 95.0 Å². The van der Waals surface area contributed by atoms with Gasteiger partial charge in [0.1, 0.15) is 12.3 Å². The second kappa shape index (κ2) is 10.2. The SMILES string of the molecule is CCCOc1ccc(/C=C2\SC(=O)N(CC(=O)Nc3ccc(C)c(C)c3)C2=O)cc1Br. The van der Waals surface area contributed by atoms with Crippen molar-refractivity contribution in [3.63, 3.8) is 0 Å². The van der Waals surface area contributed by atoms with E-state index < -0.39 is 17.1 Å². The number of benzene rings is 2. The molecule has 0 spiro atoms. The van der Waals surface area contributed by atoms with Crippen LogP contribution in [0.25, 0.3) is 6.08 Å². The molecule has 0 saturated carbocycles. The first-order valence-electron chi connectivity index (χ1n) is 9.83. The molecule has 162 valence electrons. The van der Waals surface area contributed by atoms with Gasteiger partial charge >= 0.3 is 0 Å². The lowest BCUT2D eigenvalue weighted by atomic mass is 10.1. The molecule has 0 aliphatic carbocycles. The molecule has 31 heavy (non-hydrogen) atoms. The Kier molecular flexibility index (Phi) is 7.56. The third-order valence-electron chi connectivity index (χ3n) is 4.68. The van der Waals surface area contributed by atoms with Gasteiger partial charge in [0, 0.05) is 5.69 Å². The highest BCUT2D eigenvalue weighted by atomic mass is 79.9. The number of hydrogen-bond donors (Lipinski definition) is 1. The van der Waals surface area contributed by atoms with Crippen LogP contribution in [0.1, 0.15) is 30.0 Å². The first kappa shape index (κ1) is 23.1. The van der Waals surface area contributed by atoms with Gasteiger partial charge in [-0.3, -0.25) is 19.3 Å². The number of halogens is 1. The largest absolute Gasteiger partial charge is 0.492 e. The summed E-state index contributed by atoms with van der Waals surface area (Å²) >= 11 is 4.29. The van der Waals surface area contributed by atoms with E-state index in [1.807, 2.05) is 51.1 Å². The third-order valence-corrected chi connectivity index (χ3v) is 6.21. The number of amides is 3. The normalized spacial score (nSPS) is 15.0. The van der Waals surface area contributed by atoms with Gasteiger partial charge < -0.3 is 10.1 Å². The molecule has 8 heteroatoms. The number of nitrogens with one attached hydrogen (secondary N) is 1. The molecule has 6 nitrogen and oxygen atoms in total. The van der Waals surface area contributed by atoms with Gasteiger partial charge in [0.05, 0.1) is 16.0 Å². The Hall–Kier alpha value is -2.58. The Balaban J connectivity index is 1.68. The van der Waals surface area contributed by atoms with E-state index >= 15 is 0 Å². The number of nitrogens with zero attached hydrogens (tertiary/aromatic N) is 1. The second-order valence-electron chi connectivity index (χ2n) is 7.15. The average molecular weight is 503 g/mol. The number of aryl methyl sites for hydroxylation is 2. The quantitative estimate of drug-likeness (QED) is 0.503. The Morgan fingerprint density at radius 2 is 1.94 bits per heavy atom. The molecule has 3 amide bonds. The van der Waals surface area contributed by atoms with Crippen LogP contribution in [0.3, 0.4) is 0 Å². The number of hydrogen-bond acceptors (Lipinski definition) is 5. The molecule has 0 atom stereocenters. The first-order chi connectivity index (χ1) is 14.8. The van der Waals surface area contributed by atoms with E-state index in [1.54, 1.807) is 12.1 Å². The zero-order valence-corrected chi connectivity index (χ0v) is 19.9. The molecule has 1 N–H and O–H groups in total. The predicted octanol–water partition coefficient (Wildman–Crippen LogP) is 5.53. The van der Waals surface area contributed by atoms with E-state index in [4.69, 9.17) is 4.74 Å². The molecule has 1 fully saturated rings. The standard InChI is InChI=1S/C23H23BrN2O4S/c1-4-9-30-19-8-6-16(11-18(19)24)12-20-22(28)26(23(29)31-20)13-21(27)25-17-7-5-14(2)15(3)10-17/h5-8,10-12H,4,9,13H2,1-3H3,(H,25,27)/b20-12-. The van der Waals surface area contributed by atoms with E-state index in [0.717, 1.165) is 50.0 Å². The van der Waals surface area contributed by atoms with Crippen molar-refractivity contribution in [3.05, 3.63) is 62.5 Å². The minimum Gasteiger partial charge on any atom is -0.492 e. The number of anilines is 1. The lowest BCUT2D eigenvalue weighted by Gasteiger charge is -2.13. The summed E-state index contributed by atoms with van der Waals surface area (Å²) in [5.41, 5.74) is 3.54. The monoisotopic (exact) mass is 502 g/mol. The van der Waals surface area contributed by atoms with E-state index in [0.29, 0.717) is 12.3 Å². The molecular weight excluding hydrogens is 480 g/mol. The Morgan fingerprint density at radius 3 is 2.61 bits per heavy atom. The Labute approximate surface area is 194 Å². The topological polar surface area (TPSA) is 75.7 Å². The van der Waals surface area contributed by atoms with E-state index in [9.17, 15) is 14.4 Å². The summed E-state index contributed by atoms with van der Waals surface area (Å²) < 4.78 is 6.39. The van der Waals surface area contributed by atoms with Crippen molar-refractivity contribution in [1.82, 2.24) is 4.90 Å². The lowest BCUT2D eigenvalue weighted by molar-refractivity contribution is -0.127. The smallest absolute Gasteiger partial charge is 0.294 e. The van der Waals surface area contributed by atoms with Crippen LogP contribution in [0, 0.1) is 13.8 Å². The molecule has 2 aromatic carbocycles. The van der Waals surface area contributed by atoms with Gasteiger partial charge in [-0.15, -0.1) is 0 Å². The summed E-state index contributed by atoms with van der Waals surface area (Å²) in [7, 11) is 0. The molecule has 0 unspecified atom stereocenters. The van der Waals surface area contributed by atoms with Crippen molar-refractivity contribution >= 4 is 56.5 Å². The van der Waals surface area contributed by atoms with Crippen LogP contribution in [0.5, 0.6) is 5.75 Å². The zero-order valence-electron chi connectivity index (χ0n) is 17.5. The van der Waals surface area contributed by atoms with Gasteiger partial charge in [0.15, 0.2) is 0 Å². The number of thioether (sulfide) groups is 1. The van der Waals surface area contributed by atoms with Crippen molar-refractivity contribution in [2.24, 2.45) is 0 Å². The second-order valence-corrected chi connectivity index (χ2v) is 9.00. The number of carbonyl (C=O) groups is 3. The average Bonchev–Trinajstić information content (AvgIpc) is 2.97. The minimum absolute atomic E-state index is 0.276. The highest BCUT2D eigenvalue weighted by molar-refractivity contribution is 9.10. The first-order valence-corrected chi connectivity index (χ1v) is 11.4. The van der Waals surface area contributed by atoms with Crippen molar-refractivity contribution in [1.29, 1.82) is 0 Å². The van der Waals surface area contributed by atoms with Crippen molar-refractivity contribution in [2.45, 2.75) is 27.2 Å². The number of imide groups is 1. The maximum absolute atomic E-state index is 12.7. The van der Waals surface area contributed by atoms with E-state index in [2.05, 4.69) is 21.2 Å². The van der Waals surface area contributed by atoms with Gasteiger partial charge in [-0.1, -0.05) is 19.1 Å². The molecule has 2 aromatic rings. The van der Waals surface area contributed by atoms with Crippen LogP contribution in [0.15, 0.2) is 45.8 Å². The minimum atomic E-state index is -0.479. The lowest BCUT2D eigenvalue weighted by Crippen LogP contribution is -2.36. The summed E-state index contributed by atoms with van der Waals surface area (Å²) in [6.45, 7) is 6.24. The molecule has 1 saturated heterocycles. The highest BCUT2D eigenvalue weighted by Crippen LogP contribution is 2.34. The van der Waals surface area contributed by atoms with Crippen LogP contribution < -0.4 is 10.1 Å². The summed E-state index contributed by atoms with van der Waals surface area (Å²) in [5, 5.41) is 2.27. The molecule has 1 aliphatic rings. The molecule has 0 radical (unpaired) electrons. The maximum Gasteiger partial charge on any atom is 0.294 e. The van der Waals surface area contributed by atoms with Crippen molar-refractivity contribution in [3.8, 4) is 5.75 Å². The van der Waals surface area contributed by atoms with Gasteiger partial charge in [-0.2, -0.15) is 0 Å². The van der Waals surface area contributed by atoms with Crippen molar-refractivity contribution in [2.75, 3.05) is 18.5 Å². The fourth-order valence-electron chi connectivity index (χ4n) is 2.89. The van der Waals surface area contributed by atoms with Gasteiger partial charge in [-0.25, -0.2) is 0 Å². The van der Waals surface area contributed by atoms with Gasteiger partial charge in [0.2, 0.25) is 5.91 Å². The molecule has 1 aliphatic heterocycles. The zero-order chi connectivity index (χ0) is 22.5. The van der Waals surface area contributed by atoms with Crippen LogP contribution in [0.4, 0.5) is 10.5 Å². The summed E-state index contributed by atoms with van der Waals surface area (Å²) in [6, 6.07) is 11.0. The molecule has 1 heterocycles. The number of rotatable bonds is 7. The van der Waals surface area contributed by atoms with Crippen LogP contribution >= 0.6 is 27.7 Å². The fraction of sp³-hybridized carbons (Fsp3) is 0.261. The fourth-order valence-corrected chi connectivity index (χ4v) is 4.24. The highest BCUT2D eigenvalue weighted by Gasteiger charge is 2.36. The maximum atomic E-state index is 12.7. The molecule has 0 aromatic heterocycles. The molecule has 0 bridgehead atoms. The van der Waals surface area contributed by atoms with E-state index in [-0.39, 0.29) is 11.4 Å². The summed E-state index contributed by atoms with van der Waals surface area (Å²) in [4.78, 5) is 38.6. The summed E-state index contributed by atoms with van der Waals surface area (Å²) in [5.74, 6) is -0.185. The van der Waals surface area contributed by atoms with E-state index in [1.165, 1.54) is 0 Å². The van der Waals surface area contributed by atoms with Gasteiger partial charge in [0.25, 0.3) is 11.1 Å². The third kappa shape index (κ3) is 5.77. The summed E-state index contributed by atoms with van der Waals surface area (Å²) in [6.07, 6.45) is 2.54. The number of ether oxygens (including phenoxy) is 1. The molecular formula is C23H23BrN2O4S. The Bertz CT molecular complexity index is 1070. The number of carbonyl (C=O) groups excluding carboxylic acids is 3. The van der Waals surface area contributed by atoms with Crippen LogP contribution in [-0.2, 0) is 9.59 Å². The molecule has 3 rings (SSSR count). The Morgan fingerprint density at radius 1 is 1.16 bits per heavy atom. The van der Waals surface area contributed by atoms with Crippen LogP contribution in [-0.4, -0.2) is 35.1 Å². The predicted molar refractivity (Wildman–Crippen MR) is 127 cm³/mol. The van der Waals surface area contributed by atoms with Crippen LogP contribution in [0.2, 0.25) is 0 Å².